The van der Waals surface area contributed by atoms with Crippen molar-refractivity contribution in [3.8, 4) is 5.75 Å². The maximum Gasteiger partial charge on any atom is 0.127 e. The van der Waals surface area contributed by atoms with Gasteiger partial charge in [-0.05, 0) is 23.1 Å². The Morgan fingerprint density at radius 1 is 0.952 bits per heavy atom. The molecule has 0 atom stereocenters. The third-order valence-corrected chi connectivity index (χ3v) is 3.59. The second-order valence-corrected chi connectivity index (χ2v) is 5.27. The highest BCUT2D eigenvalue weighted by molar-refractivity contribution is 7.80. The molecular weight excluding hydrogens is 278 g/mol. The van der Waals surface area contributed by atoms with Crippen LogP contribution in [0.1, 0.15) is 11.1 Å². The van der Waals surface area contributed by atoms with E-state index in [9.17, 15) is 0 Å². The topological polar surface area (TPSA) is 35.2 Å². The monoisotopic (exact) mass is 293 g/mol. The van der Waals surface area contributed by atoms with Crippen molar-refractivity contribution in [1.29, 1.82) is 0 Å². The Labute approximate surface area is 129 Å². The number of hydrogen-bond donors (Lipinski definition) is 1. The van der Waals surface area contributed by atoms with Gasteiger partial charge in [-0.2, -0.15) is 0 Å². The predicted molar refractivity (Wildman–Crippen MR) is 90.6 cm³/mol. The van der Waals surface area contributed by atoms with E-state index >= 15 is 0 Å². The quantitative estimate of drug-likeness (QED) is 0.737. The van der Waals surface area contributed by atoms with Crippen LogP contribution in [0.15, 0.2) is 66.7 Å². The van der Waals surface area contributed by atoms with E-state index in [0.717, 1.165) is 22.3 Å². The largest absolute Gasteiger partial charge is 0.488 e. The fourth-order valence-corrected chi connectivity index (χ4v) is 2.42. The van der Waals surface area contributed by atoms with Crippen LogP contribution in [0.25, 0.3) is 10.8 Å². The summed E-state index contributed by atoms with van der Waals surface area (Å²) >= 11 is 5.00. The zero-order valence-corrected chi connectivity index (χ0v) is 12.3. The molecule has 0 aliphatic rings. The van der Waals surface area contributed by atoms with Gasteiger partial charge in [0.05, 0.1) is 0 Å². The molecule has 2 nitrogen and oxygen atoms in total. The number of rotatable bonds is 4. The molecular formula is C18H15NOS. The zero-order chi connectivity index (χ0) is 14.7. The second kappa shape index (κ2) is 5.94. The summed E-state index contributed by atoms with van der Waals surface area (Å²) < 4.78 is 5.96. The van der Waals surface area contributed by atoms with Gasteiger partial charge in [0.1, 0.15) is 17.3 Å². The van der Waals surface area contributed by atoms with Crippen molar-refractivity contribution >= 4 is 28.0 Å². The Balaban J connectivity index is 1.84. The molecule has 2 N–H and O–H groups in total. The Hall–Kier alpha value is -2.39. The van der Waals surface area contributed by atoms with E-state index in [-0.39, 0.29) is 0 Å². The molecule has 0 amide bonds. The summed E-state index contributed by atoms with van der Waals surface area (Å²) in [5.74, 6) is 0.883. The van der Waals surface area contributed by atoms with Crippen molar-refractivity contribution in [3.05, 3.63) is 77.9 Å². The molecule has 0 unspecified atom stereocenters. The Bertz CT molecular complexity index is 793. The molecule has 0 aromatic heterocycles. The van der Waals surface area contributed by atoms with Crippen LogP contribution in [-0.4, -0.2) is 4.99 Å². The first-order valence-electron chi connectivity index (χ1n) is 6.73. The lowest BCUT2D eigenvalue weighted by atomic mass is 10.1. The summed E-state index contributed by atoms with van der Waals surface area (Å²) in [5.41, 5.74) is 7.57. The summed E-state index contributed by atoms with van der Waals surface area (Å²) in [6.45, 7) is 0.491. The van der Waals surface area contributed by atoms with Gasteiger partial charge < -0.3 is 10.5 Å². The lowest BCUT2D eigenvalue weighted by Gasteiger charge is -2.10. The summed E-state index contributed by atoms with van der Waals surface area (Å²) in [6.07, 6.45) is 0. The molecule has 0 bridgehead atoms. The molecule has 3 heteroatoms. The van der Waals surface area contributed by atoms with Gasteiger partial charge in [-0.15, -0.1) is 0 Å². The second-order valence-electron chi connectivity index (χ2n) is 4.83. The fourth-order valence-electron chi connectivity index (χ4n) is 2.30. The minimum absolute atomic E-state index is 0.405. The Morgan fingerprint density at radius 2 is 1.71 bits per heavy atom. The van der Waals surface area contributed by atoms with Gasteiger partial charge in [0.25, 0.3) is 0 Å². The predicted octanol–water partition coefficient (Wildman–Crippen LogP) is 4.05. The minimum atomic E-state index is 0.405. The molecule has 0 fully saturated rings. The van der Waals surface area contributed by atoms with E-state index in [1.807, 2.05) is 48.5 Å². The molecule has 3 aromatic carbocycles. The van der Waals surface area contributed by atoms with Crippen LogP contribution in [0.2, 0.25) is 0 Å². The van der Waals surface area contributed by atoms with E-state index in [1.54, 1.807) is 0 Å². The highest BCUT2D eigenvalue weighted by atomic mass is 32.1. The van der Waals surface area contributed by atoms with Crippen molar-refractivity contribution in [2.24, 2.45) is 5.73 Å². The van der Waals surface area contributed by atoms with Crippen molar-refractivity contribution in [3.63, 3.8) is 0 Å². The van der Waals surface area contributed by atoms with E-state index in [4.69, 9.17) is 22.7 Å². The van der Waals surface area contributed by atoms with Gasteiger partial charge in [0, 0.05) is 10.9 Å². The molecule has 0 saturated carbocycles. The summed E-state index contributed by atoms with van der Waals surface area (Å²) in [6, 6.07) is 22.1. The SMILES string of the molecule is NC(=S)c1cccc(COc2cccc3ccccc23)c1. The number of hydrogen-bond acceptors (Lipinski definition) is 2. The van der Waals surface area contributed by atoms with Gasteiger partial charge in [-0.1, -0.05) is 66.8 Å². The number of fused-ring (bicyclic) bond motifs is 1. The molecule has 0 saturated heterocycles. The van der Waals surface area contributed by atoms with Crippen LogP contribution in [0.3, 0.4) is 0 Å². The van der Waals surface area contributed by atoms with E-state index < -0.39 is 0 Å². The van der Waals surface area contributed by atoms with Crippen LogP contribution in [0, 0.1) is 0 Å². The molecule has 3 rings (SSSR count). The van der Waals surface area contributed by atoms with Crippen molar-refractivity contribution in [2.75, 3.05) is 0 Å². The van der Waals surface area contributed by atoms with E-state index in [1.165, 1.54) is 5.39 Å². The van der Waals surface area contributed by atoms with Gasteiger partial charge >= 0.3 is 0 Å². The van der Waals surface area contributed by atoms with E-state index in [2.05, 4.69) is 18.2 Å². The van der Waals surface area contributed by atoms with Crippen molar-refractivity contribution < 1.29 is 4.74 Å². The molecule has 21 heavy (non-hydrogen) atoms. The van der Waals surface area contributed by atoms with Crippen LogP contribution < -0.4 is 10.5 Å². The number of nitrogens with two attached hydrogens (primary N) is 1. The Kier molecular flexibility index (Phi) is 3.84. The van der Waals surface area contributed by atoms with Crippen LogP contribution >= 0.6 is 12.2 Å². The molecule has 104 valence electrons. The number of ether oxygens (including phenoxy) is 1. The third-order valence-electron chi connectivity index (χ3n) is 3.36. The third kappa shape index (κ3) is 3.03. The highest BCUT2D eigenvalue weighted by Gasteiger charge is 2.03. The molecule has 0 heterocycles. The van der Waals surface area contributed by atoms with E-state index in [0.29, 0.717) is 11.6 Å². The summed E-state index contributed by atoms with van der Waals surface area (Å²) in [4.78, 5) is 0.405. The van der Waals surface area contributed by atoms with Gasteiger partial charge in [0.15, 0.2) is 0 Å². The Morgan fingerprint density at radius 3 is 2.57 bits per heavy atom. The lowest BCUT2D eigenvalue weighted by Crippen LogP contribution is -2.09. The smallest absolute Gasteiger partial charge is 0.127 e. The van der Waals surface area contributed by atoms with Crippen LogP contribution in [0.4, 0.5) is 0 Å². The zero-order valence-electron chi connectivity index (χ0n) is 11.5. The number of benzene rings is 3. The minimum Gasteiger partial charge on any atom is -0.488 e. The molecule has 0 aliphatic heterocycles. The highest BCUT2D eigenvalue weighted by Crippen LogP contribution is 2.25. The maximum atomic E-state index is 5.96. The average molecular weight is 293 g/mol. The summed E-state index contributed by atoms with van der Waals surface area (Å²) in [7, 11) is 0. The average Bonchev–Trinajstić information content (AvgIpc) is 2.53. The molecule has 0 spiro atoms. The normalized spacial score (nSPS) is 10.5. The van der Waals surface area contributed by atoms with Gasteiger partial charge in [-0.25, -0.2) is 0 Å². The first-order valence-corrected chi connectivity index (χ1v) is 7.14. The standard InChI is InChI=1S/C18H15NOS/c19-18(21)15-8-3-5-13(11-15)12-20-17-10-4-7-14-6-1-2-9-16(14)17/h1-11H,12H2,(H2,19,21). The molecule has 0 radical (unpaired) electrons. The summed E-state index contributed by atoms with van der Waals surface area (Å²) in [5, 5.41) is 2.29. The fraction of sp³-hybridized carbons (Fsp3) is 0.0556. The van der Waals surface area contributed by atoms with Crippen LogP contribution in [-0.2, 0) is 6.61 Å². The first-order chi connectivity index (χ1) is 10.2. The number of thiocarbonyl (C=S) groups is 1. The van der Waals surface area contributed by atoms with Gasteiger partial charge in [0.2, 0.25) is 0 Å². The lowest BCUT2D eigenvalue weighted by molar-refractivity contribution is 0.310. The molecule has 0 aliphatic carbocycles. The first kappa shape index (κ1) is 13.6. The van der Waals surface area contributed by atoms with Gasteiger partial charge in [-0.3, -0.25) is 0 Å². The van der Waals surface area contributed by atoms with Crippen molar-refractivity contribution in [1.82, 2.24) is 0 Å². The molecule has 3 aromatic rings. The maximum absolute atomic E-state index is 5.96. The van der Waals surface area contributed by atoms with Crippen molar-refractivity contribution in [2.45, 2.75) is 6.61 Å². The van der Waals surface area contributed by atoms with Crippen LogP contribution in [0.5, 0.6) is 5.75 Å².